The lowest BCUT2D eigenvalue weighted by Crippen LogP contribution is -2.55. The monoisotopic (exact) mass is 248 g/mol. The largest absolute Gasteiger partial charge is 0.381 e. The summed E-state index contributed by atoms with van der Waals surface area (Å²) in [6.07, 6.45) is 4.98. The lowest BCUT2D eigenvalue weighted by molar-refractivity contribution is -0.128. The molecule has 0 aromatic heterocycles. The second-order valence-electron chi connectivity index (χ2n) is 4.82. The standard InChI is InChI=1S/C11H20N2O2.ClH/c12-11(4-1-5-11)8-13-10(14)9-2-6-15-7-3-9;/h9H,1-8,12H2,(H,13,14);1H. The van der Waals surface area contributed by atoms with Crippen LogP contribution in [0, 0.1) is 5.92 Å². The predicted octanol–water partition coefficient (Wildman–Crippen LogP) is 0.832. The van der Waals surface area contributed by atoms with Crippen LogP contribution >= 0.6 is 12.4 Å². The Morgan fingerprint density at radius 2 is 2.00 bits per heavy atom. The Morgan fingerprint density at radius 1 is 1.38 bits per heavy atom. The summed E-state index contributed by atoms with van der Waals surface area (Å²) in [5.41, 5.74) is 5.93. The van der Waals surface area contributed by atoms with Gasteiger partial charge in [-0.15, -0.1) is 12.4 Å². The summed E-state index contributed by atoms with van der Waals surface area (Å²) in [6, 6.07) is 0. The van der Waals surface area contributed by atoms with Crippen molar-refractivity contribution in [2.45, 2.75) is 37.6 Å². The SMILES string of the molecule is Cl.NC1(CNC(=O)C2CCOCC2)CCC1. The molecule has 16 heavy (non-hydrogen) atoms. The molecule has 0 spiro atoms. The maximum atomic E-state index is 11.8. The van der Waals surface area contributed by atoms with Crippen molar-refractivity contribution in [2.75, 3.05) is 19.8 Å². The fraction of sp³-hybridized carbons (Fsp3) is 0.909. The molecule has 0 unspecified atom stereocenters. The summed E-state index contributed by atoms with van der Waals surface area (Å²) >= 11 is 0. The molecule has 4 nitrogen and oxygen atoms in total. The maximum absolute atomic E-state index is 11.8. The molecular formula is C11H21ClN2O2. The van der Waals surface area contributed by atoms with Crippen molar-refractivity contribution >= 4 is 18.3 Å². The molecule has 0 bridgehead atoms. The van der Waals surface area contributed by atoms with Crippen LogP contribution in [0.2, 0.25) is 0 Å². The molecule has 2 aliphatic rings. The molecule has 2 fully saturated rings. The van der Waals surface area contributed by atoms with Gasteiger partial charge in [-0.1, -0.05) is 0 Å². The average molecular weight is 249 g/mol. The van der Waals surface area contributed by atoms with Gasteiger partial charge in [-0.25, -0.2) is 0 Å². The molecule has 5 heteroatoms. The predicted molar refractivity (Wildman–Crippen MR) is 64.6 cm³/mol. The van der Waals surface area contributed by atoms with E-state index in [0.29, 0.717) is 19.8 Å². The zero-order valence-corrected chi connectivity index (χ0v) is 10.4. The second-order valence-corrected chi connectivity index (χ2v) is 4.82. The zero-order valence-electron chi connectivity index (χ0n) is 9.54. The Hall–Kier alpha value is -0.320. The van der Waals surface area contributed by atoms with Crippen molar-refractivity contribution in [1.29, 1.82) is 0 Å². The first kappa shape index (κ1) is 13.7. The van der Waals surface area contributed by atoms with Crippen molar-refractivity contribution in [2.24, 2.45) is 11.7 Å². The molecule has 1 saturated carbocycles. The van der Waals surface area contributed by atoms with Gasteiger partial charge in [0.1, 0.15) is 0 Å². The fourth-order valence-corrected chi connectivity index (χ4v) is 2.17. The van der Waals surface area contributed by atoms with Crippen LogP contribution in [0.5, 0.6) is 0 Å². The van der Waals surface area contributed by atoms with E-state index in [-0.39, 0.29) is 29.8 Å². The topological polar surface area (TPSA) is 64.3 Å². The van der Waals surface area contributed by atoms with E-state index >= 15 is 0 Å². The van der Waals surface area contributed by atoms with Gasteiger partial charge in [-0.05, 0) is 32.1 Å². The van der Waals surface area contributed by atoms with E-state index in [9.17, 15) is 4.79 Å². The highest BCUT2D eigenvalue weighted by molar-refractivity contribution is 5.85. The van der Waals surface area contributed by atoms with Crippen molar-refractivity contribution in [3.8, 4) is 0 Å². The molecular weight excluding hydrogens is 228 g/mol. The van der Waals surface area contributed by atoms with Gasteiger partial charge in [0.25, 0.3) is 0 Å². The van der Waals surface area contributed by atoms with Crippen molar-refractivity contribution in [1.82, 2.24) is 5.32 Å². The average Bonchev–Trinajstić information content (AvgIpc) is 2.24. The van der Waals surface area contributed by atoms with Crippen LogP contribution in [0.1, 0.15) is 32.1 Å². The third-order valence-electron chi connectivity index (χ3n) is 3.56. The lowest BCUT2D eigenvalue weighted by Gasteiger charge is -2.38. The van der Waals surface area contributed by atoms with Crippen LogP contribution < -0.4 is 11.1 Å². The van der Waals surface area contributed by atoms with Gasteiger partial charge in [-0.2, -0.15) is 0 Å². The smallest absolute Gasteiger partial charge is 0.223 e. The van der Waals surface area contributed by atoms with Crippen LogP contribution in [0.3, 0.4) is 0 Å². The number of amides is 1. The Bertz CT molecular complexity index is 238. The first-order chi connectivity index (χ1) is 7.20. The van der Waals surface area contributed by atoms with Crippen LogP contribution in [-0.2, 0) is 9.53 Å². The molecule has 0 atom stereocenters. The highest BCUT2D eigenvalue weighted by Gasteiger charge is 2.33. The molecule has 1 aliphatic carbocycles. The second kappa shape index (κ2) is 5.84. The van der Waals surface area contributed by atoms with Gasteiger partial charge in [0.05, 0.1) is 0 Å². The summed E-state index contributed by atoms with van der Waals surface area (Å²) in [5.74, 6) is 0.303. The number of carbonyl (C=O) groups is 1. The fourth-order valence-electron chi connectivity index (χ4n) is 2.17. The normalized spacial score (nSPS) is 24.1. The molecule has 1 aliphatic heterocycles. The van der Waals surface area contributed by atoms with Crippen LogP contribution in [-0.4, -0.2) is 31.2 Å². The quantitative estimate of drug-likeness (QED) is 0.778. The summed E-state index contributed by atoms with van der Waals surface area (Å²) in [7, 11) is 0. The Labute approximate surface area is 103 Å². The Morgan fingerprint density at radius 3 is 2.50 bits per heavy atom. The molecule has 0 radical (unpaired) electrons. The maximum Gasteiger partial charge on any atom is 0.223 e. The molecule has 1 heterocycles. The highest BCUT2D eigenvalue weighted by Crippen LogP contribution is 2.28. The van der Waals surface area contributed by atoms with Crippen molar-refractivity contribution < 1.29 is 9.53 Å². The number of hydrogen-bond acceptors (Lipinski definition) is 3. The number of halogens is 1. The van der Waals surface area contributed by atoms with E-state index in [2.05, 4.69) is 5.32 Å². The minimum absolute atomic E-state index is 0. The number of carbonyl (C=O) groups excluding carboxylic acids is 1. The van der Waals surface area contributed by atoms with E-state index in [1.807, 2.05) is 0 Å². The summed E-state index contributed by atoms with van der Waals surface area (Å²) in [4.78, 5) is 11.8. The first-order valence-electron chi connectivity index (χ1n) is 5.84. The summed E-state index contributed by atoms with van der Waals surface area (Å²) in [6.45, 7) is 2.07. The summed E-state index contributed by atoms with van der Waals surface area (Å²) in [5, 5.41) is 2.98. The minimum atomic E-state index is -0.110. The van der Waals surface area contributed by atoms with Crippen LogP contribution in [0.15, 0.2) is 0 Å². The molecule has 0 aromatic rings. The third kappa shape index (κ3) is 3.34. The molecule has 1 saturated heterocycles. The van der Waals surface area contributed by atoms with E-state index in [0.717, 1.165) is 25.7 Å². The number of nitrogens with two attached hydrogens (primary N) is 1. The molecule has 1 amide bonds. The van der Waals surface area contributed by atoms with Gasteiger partial charge in [0.15, 0.2) is 0 Å². The van der Waals surface area contributed by atoms with Crippen LogP contribution in [0.4, 0.5) is 0 Å². The summed E-state index contributed by atoms with van der Waals surface area (Å²) < 4.78 is 5.22. The molecule has 0 aromatic carbocycles. The number of rotatable bonds is 3. The third-order valence-corrected chi connectivity index (χ3v) is 3.56. The number of hydrogen-bond donors (Lipinski definition) is 2. The lowest BCUT2D eigenvalue weighted by atomic mass is 9.77. The minimum Gasteiger partial charge on any atom is -0.381 e. The molecule has 3 N–H and O–H groups in total. The first-order valence-corrected chi connectivity index (χ1v) is 5.84. The van der Waals surface area contributed by atoms with Crippen LogP contribution in [0.25, 0.3) is 0 Å². The Kier molecular flexibility index (Phi) is 5.02. The van der Waals surface area contributed by atoms with Crippen molar-refractivity contribution in [3.05, 3.63) is 0 Å². The van der Waals surface area contributed by atoms with Gasteiger partial charge < -0.3 is 15.8 Å². The van der Waals surface area contributed by atoms with Gasteiger partial charge >= 0.3 is 0 Å². The number of nitrogens with one attached hydrogen (secondary N) is 1. The van der Waals surface area contributed by atoms with Gasteiger partial charge in [0.2, 0.25) is 5.91 Å². The number of ether oxygens (including phenoxy) is 1. The van der Waals surface area contributed by atoms with Gasteiger partial charge in [0, 0.05) is 31.2 Å². The van der Waals surface area contributed by atoms with E-state index in [1.165, 1.54) is 6.42 Å². The van der Waals surface area contributed by atoms with E-state index in [1.54, 1.807) is 0 Å². The highest BCUT2D eigenvalue weighted by atomic mass is 35.5. The van der Waals surface area contributed by atoms with E-state index < -0.39 is 0 Å². The van der Waals surface area contributed by atoms with Gasteiger partial charge in [-0.3, -0.25) is 4.79 Å². The molecule has 94 valence electrons. The Balaban J connectivity index is 0.00000128. The molecule has 2 rings (SSSR count). The van der Waals surface area contributed by atoms with E-state index in [4.69, 9.17) is 10.5 Å². The zero-order chi connectivity index (χ0) is 10.7. The van der Waals surface area contributed by atoms with Crippen molar-refractivity contribution in [3.63, 3.8) is 0 Å².